The van der Waals surface area contributed by atoms with Gasteiger partial charge in [0, 0.05) is 12.2 Å². The molecule has 0 aliphatic rings. The van der Waals surface area contributed by atoms with Crippen molar-refractivity contribution in [3.63, 3.8) is 0 Å². The monoisotopic (exact) mass is 274 g/mol. The van der Waals surface area contributed by atoms with Gasteiger partial charge in [-0.3, -0.25) is 4.98 Å². The highest BCUT2D eigenvalue weighted by Crippen LogP contribution is 2.26. The smallest absolute Gasteiger partial charge is 0.125 e. The molecule has 0 saturated heterocycles. The summed E-state index contributed by atoms with van der Waals surface area (Å²) in [5.74, 6) is -0.257. The Morgan fingerprint density at radius 1 is 1.20 bits per heavy atom. The molecule has 2 rings (SSSR count). The van der Waals surface area contributed by atoms with Crippen LogP contribution in [0.1, 0.15) is 32.1 Å². The predicted molar refractivity (Wildman–Crippen MR) is 78.6 cm³/mol. The average molecular weight is 274 g/mol. The third kappa shape index (κ3) is 3.14. The van der Waals surface area contributed by atoms with Crippen LogP contribution in [0.5, 0.6) is 0 Å². The Labute approximate surface area is 118 Å². The molecule has 1 N–H and O–H groups in total. The molecule has 1 aromatic heterocycles. The molecule has 0 bridgehead atoms. The quantitative estimate of drug-likeness (QED) is 0.900. The second-order valence-electron chi connectivity index (χ2n) is 4.59. The van der Waals surface area contributed by atoms with Gasteiger partial charge in [0.15, 0.2) is 0 Å². The van der Waals surface area contributed by atoms with Gasteiger partial charge in [-0.15, -0.1) is 0 Å². The van der Waals surface area contributed by atoms with Gasteiger partial charge in [0.2, 0.25) is 0 Å². The highest BCUT2D eigenvalue weighted by molar-refractivity contribution is 5.62. The van der Waals surface area contributed by atoms with Crippen molar-refractivity contribution in [2.24, 2.45) is 0 Å². The molecule has 2 aromatic rings. The largest absolute Gasteiger partial charge is 0.387 e. The summed E-state index contributed by atoms with van der Waals surface area (Å²) in [4.78, 5) is 6.25. The van der Waals surface area contributed by atoms with Gasteiger partial charge < -0.3 is 10.0 Å². The summed E-state index contributed by atoms with van der Waals surface area (Å²) in [6.07, 6.45) is 1.81. The molecule has 0 radical (unpaired) electrons. The minimum absolute atomic E-state index is 0.257. The maximum absolute atomic E-state index is 13.3. The minimum atomic E-state index is -0.534. The zero-order valence-electron chi connectivity index (χ0n) is 11.8. The van der Waals surface area contributed by atoms with E-state index in [0.29, 0.717) is 18.7 Å². The lowest BCUT2D eigenvalue weighted by Crippen LogP contribution is -2.16. The minimum Gasteiger partial charge on any atom is -0.387 e. The molecule has 0 saturated carbocycles. The second-order valence-corrected chi connectivity index (χ2v) is 4.59. The van der Waals surface area contributed by atoms with Gasteiger partial charge in [0.1, 0.15) is 5.82 Å². The number of aromatic nitrogens is 1. The number of pyridine rings is 1. The molecule has 0 aliphatic carbocycles. The van der Waals surface area contributed by atoms with Gasteiger partial charge >= 0.3 is 0 Å². The van der Waals surface area contributed by atoms with Crippen molar-refractivity contribution < 1.29 is 9.50 Å². The fourth-order valence-electron chi connectivity index (χ4n) is 2.12. The van der Waals surface area contributed by atoms with Crippen molar-refractivity contribution in [2.45, 2.75) is 26.4 Å². The Morgan fingerprint density at radius 3 is 2.55 bits per heavy atom. The van der Waals surface area contributed by atoms with Crippen LogP contribution in [-0.4, -0.2) is 16.6 Å². The van der Waals surface area contributed by atoms with Crippen LogP contribution in [0.25, 0.3) is 0 Å². The topological polar surface area (TPSA) is 36.4 Å². The van der Waals surface area contributed by atoms with Crippen LogP contribution in [0.3, 0.4) is 0 Å². The van der Waals surface area contributed by atoms with Gasteiger partial charge in [-0.25, -0.2) is 4.39 Å². The van der Waals surface area contributed by atoms with Crippen molar-refractivity contribution in [2.75, 3.05) is 11.4 Å². The van der Waals surface area contributed by atoms with E-state index >= 15 is 0 Å². The highest BCUT2D eigenvalue weighted by Gasteiger charge is 2.10. The lowest BCUT2D eigenvalue weighted by molar-refractivity contribution is 0.169. The normalized spacial score (nSPS) is 12.2. The molecular weight excluding hydrogens is 255 g/mol. The maximum atomic E-state index is 13.3. The number of anilines is 2. The van der Waals surface area contributed by atoms with Gasteiger partial charge in [0.25, 0.3) is 0 Å². The van der Waals surface area contributed by atoms with Crippen LogP contribution in [0.15, 0.2) is 42.6 Å². The Balaban J connectivity index is 2.28. The van der Waals surface area contributed by atoms with Crippen LogP contribution in [0.2, 0.25) is 0 Å². The average Bonchev–Trinajstić information content (AvgIpc) is 2.48. The van der Waals surface area contributed by atoms with Gasteiger partial charge in [-0.05, 0) is 43.7 Å². The number of hydrogen-bond acceptors (Lipinski definition) is 3. The Kier molecular flexibility index (Phi) is 4.69. The Morgan fingerprint density at radius 2 is 2.00 bits per heavy atom. The molecule has 0 fully saturated rings. The predicted octanol–water partition coefficient (Wildman–Crippen LogP) is 3.82. The zero-order valence-corrected chi connectivity index (χ0v) is 11.8. The van der Waals surface area contributed by atoms with Gasteiger partial charge in [-0.2, -0.15) is 0 Å². The standard InChI is InChI=1S/C16H19FN2O/c1-3-16(20)15-9-8-14(11-18-15)19(4-2)13-7-5-6-12(17)10-13/h5-11,16,20H,3-4H2,1-2H3. The van der Waals surface area contributed by atoms with Crippen molar-refractivity contribution in [1.29, 1.82) is 0 Å². The van der Waals surface area contributed by atoms with E-state index in [2.05, 4.69) is 4.98 Å². The van der Waals surface area contributed by atoms with Crippen molar-refractivity contribution in [3.8, 4) is 0 Å². The number of benzene rings is 1. The molecule has 0 spiro atoms. The Hall–Kier alpha value is -1.94. The van der Waals surface area contributed by atoms with E-state index in [1.165, 1.54) is 12.1 Å². The van der Waals surface area contributed by atoms with Crippen LogP contribution < -0.4 is 4.90 Å². The summed E-state index contributed by atoms with van der Waals surface area (Å²) in [6.45, 7) is 4.62. The first-order valence-corrected chi connectivity index (χ1v) is 6.82. The first-order valence-electron chi connectivity index (χ1n) is 6.82. The van der Waals surface area contributed by atoms with E-state index in [1.807, 2.05) is 36.9 Å². The van der Waals surface area contributed by atoms with Crippen LogP contribution in [-0.2, 0) is 0 Å². The van der Waals surface area contributed by atoms with Crippen LogP contribution >= 0.6 is 0 Å². The molecule has 1 atom stereocenters. The summed E-state index contributed by atoms with van der Waals surface area (Å²) in [5, 5.41) is 9.74. The molecule has 20 heavy (non-hydrogen) atoms. The number of nitrogens with zero attached hydrogens (tertiary/aromatic N) is 2. The lowest BCUT2D eigenvalue weighted by atomic mass is 10.2. The van der Waals surface area contributed by atoms with Gasteiger partial charge in [0.05, 0.1) is 23.7 Å². The summed E-state index contributed by atoms with van der Waals surface area (Å²) >= 11 is 0. The first kappa shape index (κ1) is 14.5. The first-order chi connectivity index (χ1) is 9.65. The number of rotatable bonds is 5. The van der Waals surface area contributed by atoms with E-state index < -0.39 is 6.10 Å². The fourth-order valence-corrected chi connectivity index (χ4v) is 2.12. The molecule has 1 heterocycles. The number of aliphatic hydroxyl groups is 1. The van der Waals surface area contributed by atoms with Crippen molar-refractivity contribution >= 4 is 11.4 Å². The summed E-state index contributed by atoms with van der Waals surface area (Å²) in [6, 6.07) is 10.2. The third-order valence-corrected chi connectivity index (χ3v) is 3.25. The van der Waals surface area contributed by atoms with E-state index in [9.17, 15) is 9.50 Å². The highest BCUT2D eigenvalue weighted by atomic mass is 19.1. The van der Waals surface area contributed by atoms with Crippen LogP contribution in [0.4, 0.5) is 15.8 Å². The molecule has 1 unspecified atom stereocenters. The molecule has 1 aromatic carbocycles. The fraction of sp³-hybridized carbons (Fsp3) is 0.312. The van der Waals surface area contributed by atoms with E-state index in [0.717, 1.165) is 11.4 Å². The van der Waals surface area contributed by atoms with E-state index in [4.69, 9.17) is 0 Å². The van der Waals surface area contributed by atoms with Crippen LogP contribution in [0, 0.1) is 5.82 Å². The molecule has 4 heteroatoms. The second kappa shape index (κ2) is 6.48. The SMILES string of the molecule is CCC(O)c1ccc(N(CC)c2cccc(F)c2)cn1. The maximum Gasteiger partial charge on any atom is 0.125 e. The Bertz CT molecular complexity index is 557. The van der Waals surface area contributed by atoms with E-state index in [-0.39, 0.29) is 5.82 Å². The van der Waals surface area contributed by atoms with E-state index in [1.54, 1.807) is 12.3 Å². The molecular formula is C16H19FN2O. The molecule has 106 valence electrons. The summed E-state index contributed by atoms with van der Waals surface area (Å²) < 4.78 is 13.3. The van der Waals surface area contributed by atoms with Gasteiger partial charge in [-0.1, -0.05) is 13.0 Å². The number of aliphatic hydroxyl groups excluding tert-OH is 1. The number of halogens is 1. The molecule has 0 aliphatic heterocycles. The van der Waals surface area contributed by atoms with Crippen molar-refractivity contribution in [1.82, 2.24) is 4.98 Å². The zero-order chi connectivity index (χ0) is 14.5. The third-order valence-electron chi connectivity index (χ3n) is 3.25. The summed E-state index contributed by atoms with van der Waals surface area (Å²) in [5.41, 5.74) is 2.33. The summed E-state index contributed by atoms with van der Waals surface area (Å²) in [7, 11) is 0. The molecule has 3 nitrogen and oxygen atoms in total. The molecule has 0 amide bonds. The number of hydrogen-bond donors (Lipinski definition) is 1. The van der Waals surface area contributed by atoms with Crippen molar-refractivity contribution in [3.05, 3.63) is 54.1 Å². The lowest BCUT2D eigenvalue weighted by Gasteiger charge is -2.23.